The maximum atomic E-state index is 13.3. The van der Waals surface area contributed by atoms with Crippen LogP contribution in [-0.4, -0.2) is 34.8 Å². The van der Waals surface area contributed by atoms with Crippen LogP contribution in [0, 0.1) is 0 Å². The first kappa shape index (κ1) is 17.4. The number of rotatable bonds is 4. The highest BCUT2D eigenvalue weighted by Crippen LogP contribution is 2.40. The van der Waals surface area contributed by atoms with Crippen molar-refractivity contribution in [2.75, 3.05) is 25.1 Å². The van der Waals surface area contributed by atoms with Gasteiger partial charge in [0.05, 0.1) is 31.3 Å². The molecule has 3 rings (SSSR count). The fourth-order valence-corrected chi connectivity index (χ4v) is 4.47. The molecule has 0 aliphatic carbocycles. The molecule has 134 valence electrons. The van der Waals surface area contributed by atoms with Crippen molar-refractivity contribution in [2.45, 2.75) is 24.3 Å². The van der Waals surface area contributed by atoms with Gasteiger partial charge in [0.15, 0.2) is 11.5 Å². The molecule has 7 heteroatoms. The Morgan fingerprint density at radius 2 is 1.72 bits per heavy atom. The number of fused-ring (bicyclic) bond motifs is 1. The molecule has 0 unspecified atom stereocenters. The van der Waals surface area contributed by atoms with Gasteiger partial charge in [-0.2, -0.15) is 0 Å². The average Bonchev–Trinajstić information content (AvgIpc) is 2.59. The third-order valence-electron chi connectivity index (χ3n) is 3.99. The molecule has 0 radical (unpaired) electrons. The van der Waals surface area contributed by atoms with Gasteiger partial charge < -0.3 is 14.2 Å². The van der Waals surface area contributed by atoms with Gasteiger partial charge in [-0.15, -0.1) is 0 Å². The van der Waals surface area contributed by atoms with Crippen LogP contribution in [0.25, 0.3) is 0 Å². The molecule has 2 aromatic rings. The van der Waals surface area contributed by atoms with Gasteiger partial charge in [-0.05, 0) is 38.1 Å². The largest absolute Gasteiger partial charge is 0.493 e. The van der Waals surface area contributed by atoms with Crippen LogP contribution in [0.2, 0.25) is 0 Å². The van der Waals surface area contributed by atoms with E-state index >= 15 is 0 Å². The number of ether oxygens (including phenoxy) is 3. The van der Waals surface area contributed by atoms with Crippen LogP contribution in [-0.2, 0) is 10.0 Å². The summed E-state index contributed by atoms with van der Waals surface area (Å²) >= 11 is 0. The van der Waals surface area contributed by atoms with Crippen LogP contribution in [0.4, 0.5) is 5.69 Å². The number of sulfonamides is 1. The minimum absolute atomic E-state index is 0.137. The minimum Gasteiger partial charge on any atom is -0.493 e. The van der Waals surface area contributed by atoms with Gasteiger partial charge in [0.2, 0.25) is 0 Å². The van der Waals surface area contributed by atoms with E-state index < -0.39 is 15.6 Å². The van der Waals surface area contributed by atoms with E-state index in [-0.39, 0.29) is 11.4 Å². The number of anilines is 1. The Morgan fingerprint density at radius 3 is 2.40 bits per heavy atom. The van der Waals surface area contributed by atoms with Crippen molar-refractivity contribution in [1.29, 1.82) is 0 Å². The van der Waals surface area contributed by atoms with E-state index in [9.17, 15) is 8.42 Å². The summed E-state index contributed by atoms with van der Waals surface area (Å²) in [7, 11) is -0.806. The maximum absolute atomic E-state index is 13.3. The first-order valence-corrected chi connectivity index (χ1v) is 9.25. The zero-order chi connectivity index (χ0) is 18.2. The van der Waals surface area contributed by atoms with E-state index in [1.165, 1.54) is 30.7 Å². The summed E-state index contributed by atoms with van der Waals surface area (Å²) in [5, 5.41) is 0. The van der Waals surface area contributed by atoms with Crippen molar-refractivity contribution in [1.82, 2.24) is 0 Å². The fourth-order valence-electron chi connectivity index (χ4n) is 2.83. The molecular formula is C18H21NO5S. The van der Waals surface area contributed by atoms with Gasteiger partial charge in [-0.3, -0.25) is 4.31 Å². The van der Waals surface area contributed by atoms with Gasteiger partial charge in [-0.25, -0.2) is 8.42 Å². The molecule has 0 bridgehead atoms. The summed E-state index contributed by atoms with van der Waals surface area (Å²) < 4.78 is 44.3. The summed E-state index contributed by atoms with van der Waals surface area (Å²) in [6.07, 6.45) is 0. The molecule has 0 N–H and O–H groups in total. The van der Waals surface area contributed by atoms with E-state index in [4.69, 9.17) is 14.2 Å². The summed E-state index contributed by atoms with van der Waals surface area (Å²) in [6.45, 7) is 3.93. The van der Waals surface area contributed by atoms with Gasteiger partial charge in [-0.1, -0.05) is 12.1 Å². The second kappa shape index (κ2) is 6.15. The molecule has 1 heterocycles. The topological polar surface area (TPSA) is 65.1 Å². The van der Waals surface area contributed by atoms with Gasteiger partial charge in [0.25, 0.3) is 10.0 Å². The summed E-state index contributed by atoms with van der Waals surface area (Å²) in [5.41, 5.74) is -0.116. The standard InChI is InChI=1S/C18H21NO5S/c1-18(2)12-19(14-7-5-6-8-15(14)24-18)25(20,21)13-9-10-16(22-3)17(11-13)23-4/h5-11H,12H2,1-4H3. The van der Waals surface area contributed by atoms with Crippen molar-refractivity contribution in [2.24, 2.45) is 0 Å². The molecule has 0 atom stereocenters. The quantitative estimate of drug-likeness (QED) is 0.835. The van der Waals surface area contributed by atoms with Crippen molar-refractivity contribution in [3.8, 4) is 17.2 Å². The number of nitrogens with zero attached hydrogens (tertiary/aromatic N) is 1. The number of para-hydroxylation sites is 2. The van der Waals surface area contributed by atoms with Crippen molar-refractivity contribution in [3.63, 3.8) is 0 Å². The molecule has 25 heavy (non-hydrogen) atoms. The first-order valence-electron chi connectivity index (χ1n) is 7.81. The summed E-state index contributed by atoms with van der Waals surface area (Å²) in [4.78, 5) is 0.137. The minimum atomic E-state index is -3.79. The highest BCUT2D eigenvalue weighted by Gasteiger charge is 2.38. The zero-order valence-electron chi connectivity index (χ0n) is 14.6. The number of methoxy groups -OCH3 is 2. The Bertz CT molecular complexity index is 892. The zero-order valence-corrected chi connectivity index (χ0v) is 15.5. The van der Waals surface area contributed by atoms with Crippen LogP contribution in [0.1, 0.15) is 13.8 Å². The first-order chi connectivity index (χ1) is 11.8. The predicted octanol–water partition coefficient (Wildman–Crippen LogP) is 3.07. The van der Waals surface area contributed by atoms with Gasteiger partial charge in [0, 0.05) is 6.07 Å². The second-order valence-electron chi connectivity index (χ2n) is 6.36. The molecule has 0 aromatic heterocycles. The maximum Gasteiger partial charge on any atom is 0.264 e. The Morgan fingerprint density at radius 1 is 1.04 bits per heavy atom. The SMILES string of the molecule is COc1ccc(S(=O)(=O)N2CC(C)(C)Oc3ccccc32)cc1OC. The Balaban J connectivity index is 2.11. The van der Waals surface area contributed by atoms with Gasteiger partial charge in [0.1, 0.15) is 11.4 Å². The molecule has 0 fully saturated rings. The normalized spacial score (nSPS) is 15.9. The Labute approximate surface area is 148 Å². The number of hydrogen-bond acceptors (Lipinski definition) is 5. The van der Waals surface area contributed by atoms with E-state index in [2.05, 4.69) is 0 Å². The van der Waals surface area contributed by atoms with Crippen LogP contribution < -0.4 is 18.5 Å². The van der Waals surface area contributed by atoms with Crippen molar-refractivity contribution < 1.29 is 22.6 Å². The lowest BCUT2D eigenvalue weighted by atomic mass is 10.1. The van der Waals surface area contributed by atoms with Crippen molar-refractivity contribution >= 4 is 15.7 Å². The smallest absolute Gasteiger partial charge is 0.264 e. The van der Waals surface area contributed by atoms with Crippen LogP contribution in [0.3, 0.4) is 0 Å². The predicted molar refractivity (Wildman–Crippen MR) is 95.2 cm³/mol. The molecule has 2 aromatic carbocycles. The number of benzene rings is 2. The summed E-state index contributed by atoms with van der Waals surface area (Å²) in [6, 6.07) is 11.7. The van der Waals surface area contributed by atoms with Gasteiger partial charge >= 0.3 is 0 Å². The third kappa shape index (κ3) is 3.11. The molecule has 1 aliphatic heterocycles. The second-order valence-corrected chi connectivity index (χ2v) is 8.22. The highest BCUT2D eigenvalue weighted by atomic mass is 32.2. The van der Waals surface area contributed by atoms with Crippen molar-refractivity contribution in [3.05, 3.63) is 42.5 Å². The molecule has 0 saturated heterocycles. The van der Waals surface area contributed by atoms with Crippen LogP contribution in [0.5, 0.6) is 17.2 Å². The highest BCUT2D eigenvalue weighted by molar-refractivity contribution is 7.92. The summed E-state index contributed by atoms with van der Waals surface area (Å²) in [5.74, 6) is 1.39. The van der Waals surface area contributed by atoms with E-state index in [0.29, 0.717) is 22.9 Å². The van der Waals surface area contributed by atoms with E-state index in [0.717, 1.165) is 0 Å². The van der Waals surface area contributed by atoms with E-state index in [1.807, 2.05) is 19.9 Å². The Kier molecular flexibility index (Phi) is 4.28. The monoisotopic (exact) mass is 363 g/mol. The Hall–Kier alpha value is -2.41. The molecule has 6 nitrogen and oxygen atoms in total. The van der Waals surface area contributed by atoms with E-state index in [1.54, 1.807) is 24.3 Å². The molecule has 0 spiro atoms. The third-order valence-corrected chi connectivity index (χ3v) is 5.74. The average molecular weight is 363 g/mol. The fraction of sp³-hybridized carbons (Fsp3) is 0.333. The molecule has 0 amide bonds. The molecule has 0 saturated carbocycles. The van der Waals surface area contributed by atoms with Crippen LogP contribution >= 0.6 is 0 Å². The lowest BCUT2D eigenvalue weighted by molar-refractivity contribution is 0.110. The number of hydrogen-bond donors (Lipinski definition) is 0. The molecular weight excluding hydrogens is 342 g/mol. The lowest BCUT2D eigenvalue weighted by Crippen LogP contribution is -2.49. The molecule has 1 aliphatic rings. The lowest BCUT2D eigenvalue weighted by Gasteiger charge is -2.40. The van der Waals surface area contributed by atoms with Crippen LogP contribution in [0.15, 0.2) is 47.4 Å².